The molecule has 0 aliphatic heterocycles. The van der Waals surface area contributed by atoms with Crippen molar-refractivity contribution < 1.29 is 0 Å². The van der Waals surface area contributed by atoms with Gasteiger partial charge in [0.1, 0.15) is 0 Å². The first kappa shape index (κ1) is 15.8. The third-order valence-electron chi connectivity index (χ3n) is 4.08. The van der Waals surface area contributed by atoms with Crippen LogP contribution in [0.1, 0.15) is 36.4 Å². The number of nitrogens with zero attached hydrogens (tertiary/aromatic N) is 2. The van der Waals surface area contributed by atoms with Crippen LogP contribution in [0.5, 0.6) is 0 Å². The fourth-order valence-electron chi connectivity index (χ4n) is 2.82. The molecule has 0 bridgehead atoms. The van der Waals surface area contributed by atoms with Gasteiger partial charge in [-0.05, 0) is 63.4 Å². The number of hydrogen-bond acceptors (Lipinski definition) is 2. The molecule has 1 unspecified atom stereocenters. The van der Waals surface area contributed by atoms with Gasteiger partial charge in [0, 0.05) is 5.69 Å². The molecule has 0 saturated carbocycles. The van der Waals surface area contributed by atoms with E-state index in [1.54, 1.807) is 0 Å². The zero-order valence-electron chi connectivity index (χ0n) is 13.9. The highest BCUT2D eigenvalue weighted by atomic mass is 15.3. The molecule has 21 heavy (non-hydrogen) atoms. The quantitative estimate of drug-likeness (QED) is 0.879. The molecule has 1 aromatic heterocycles. The minimum absolute atomic E-state index is 0.622. The standard InChI is InChI=1S/C18H27N3/c1-6-19-12-13(2)11-17-15(4)20-21(16(17)5)18-10-8-7-9-14(18)3/h7-10,13,19H,6,11-12H2,1-5H3. The highest BCUT2D eigenvalue weighted by Gasteiger charge is 2.16. The minimum atomic E-state index is 0.622. The molecule has 0 radical (unpaired) electrons. The third-order valence-corrected chi connectivity index (χ3v) is 4.08. The largest absolute Gasteiger partial charge is 0.317 e. The molecule has 1 heterocycles. The fourth-order valence-corrected chi connectivity index (χ4v) is 2.82. The first-order chi connectivity index (χ1) is 10.0. The van der Waals surface area contributed by atoms with Gasteiger partial charge in [-0.1, -0.05) is 32.0 Å². The Morgan fingerprint density at radius 1 is 1.19 bits per heavy atom. The van der Waals surface area contributed by atoms with Crippen molar-refractivity contribution in [1.82, 2.24) is 15.1 Å². The average Bonchev–Trinajstić information content (AvgIpc) is 2.73. The van der Waals surface area contributed by atoms with Gasteiger partial charge in [-0.25, -0.2) is 4.68 Å². The van der Waals surface area contributed by atoms with Gasteiger partial charge in [-0.2, -0.15) is 5.10 Å². The maximum Gasteiger partial charge on any atom is 0.0678 e. The van der Waals surface area contributed by atoms with Crippen molar-refractivity contribution >= 4 is 0 Å². The van der Waals surface area contributed by atoms with E-state index in [4.69, 9.17) is 5.10 Å². The lowest BCUT2D eigenvalue weighted by molar-refractivity contribution is 0.519. The zero-order valence-corrected chi connectivity index (χ0v) is 13.9. The summed E-state index contributed by atoms with van der Waals surface area (Å²) in [6.07, 6.45) is 1.08. The summed E-state index contributed by atoms with van der Waals surface area (Å²) in [6, 6.07) is 8.43. The Hall–Kier alpha value is -1.61. The Morgan fingerprint density at radius 2 is 1.90 bits per heavy atom. The fraction of sp³-hybridized carbons (Fsp3) is 0.500. The van der Waals surface area contributed by atoms with Crippen LogP contribution in [0.2, 0.25) is 0 Å². The lowest BCUT2D eigenvalue weighted by Gasteiger charge is -2.12. The topological polar surface area (TPSA) is 29.9 Å². The van der Waals surface area contributed by atoms with Crippen LogP contribution in [-0.2, 0) is 6.42 Å². The summed E-state index contributed by atoms with van der Waals surface area (Å²) in [5, 5.41) is 8.20. The van der Waals surface area contributed by atoms with Crippen molar-refractivity contribution in [2.24, 2.45) is 5.92 Å². The maximum absolute atomic E-state index is 4.77. The van der Waals surface area contributed by atoms with Gasteiger partial charge >= 0.3 is 0 Å². The van der Waals surface area contributed by atoms with Crippen molar-refractivity contribution in [1.29, 1.82) is 0 Å². The Bertz CT molecular complexity index is 599. The number of rotatable bonds is 6. The van der Waals surface area contributed by atoms with Crippen molar-refractivity contribution in [3.63, 3.8) is 0 Å². The van der Waals surface area contributed by atoms with E-state index < -0.39 is 0 Å². The van der Waals surface area contributed by atoms with E-state index in [1.807, 2.05) is 0 Å². The van der Waals surface area contributed by atoms with Gasteiger partial charge in [-0.15, -0.1) is 0 Å². The number of para-hydroxylation sites is 1. The van der Waals surface area contributed by atoms with E-state index >= 15 is 0 Å². The number of aromatic nitrogens is 2. The smallest absolute Gasteiger partial charge is 0.0678 e. The van der Waals surface area contributed by atoms with Crippen LogP contribution in [0.25, 0.3) is 5.69 Å². The Labute approximate surface area is 128 Å². The van der Waals surface area contributed by atoms with Crippen LogP contribution in [0.15, 0.2) is 24.3 Å². The molecule has 1 N–H and O–H groups in total. The predicted molar refractivity (Wildman–Crippen MR) is 89.2 cm³/mol. The Kier molecular flexibility index (Phi) is 5.18. The molecule has 3 heteroatoms. The Balaban J connectivity index is 2.28. The SMILES string of the molecule is CCNCC(C)Cc1c(C)nn(-c2ccccc2C)c1C. The molecule has 0 fully saturated rings. The van der Waals surface area contributed by atoms with Crippen LogP contribution in [0.3, 0.4) is 0 Å². The first-order valence-corrected chi connectivity index (χ1v) is 7.86. The van der Waals surface area contributed by atoms with Crippen molar-refractivity contribution in [3.8, 4) is 5.69 Å². The lowest BCUT2D eigenvalue weighted by atomic mass is 9.99. The molecule has 0 spiro atoms. The predicted octanol–water partition coefficient (Wildman–Crippen LogP) is 3.59. The van der Waals surface area contributed by atoms with Gasteiger partial charge in [0.25, 0.3) is 0 Å². The summed E-state index contributed by atoms with van der Waals surface area (Å²) >= 11 is 0. The maximum atomic E-state index is 4.77. The summed E-state index contributed by atoms with van der Waals surface area (Å²) in [4.78, 5) is 0. The van der Waals surface area contributed by atoms with Crippen LogP contribution in [0.4, 0.5) is 0 Å². The monoisotopic (exact) mass is 285 g/mol. The van der Waals surface area contributed by atoms with Crippen molar-refractivity contribution in [2.75, 3.05) is 13.1 Å². The van der Waals surface area contributed by atoms with E-state index in [1.165, 1.54) is 22.5 Å². The minimum Gasteiger partial charge on any atom is -0.317 e. The van der Waals surface area contributed by atoms with Crippen molar-refractivity contribution in [2.45, 2.75) is 41.0 Å². The number of nitrogens with one attached hydrogen (secondary N) is 1. The molecule has 0 aliphatic carbocycles. The molecule has 1 aromatic carbocycles. The van der Waals surface area contributed by atoms with E-state index in [9.17, 15) is 0 Å². The second-order valence-electron chi connectivity index (χ2n) is 5.96. The molecular weight excluding hydrogens is 258 g/mol. The van der Waals surface area contributed by atoms with Gasteiger partial charge < -0.3 is 5.32 Å². The normalized spacial score (nSPS) is 12.6. The summed E-state index contributed by atoms with van der Waals surface area (Å²) in [5.41, 5.74) is 6.26. The second kappa shape index (κ2) is 6.90. The summed E-state index contributed by atoms with van der Waals surface area (Å²) in [6.45, 7) is 13.0. The molecule has 0 aliphatic rings. The number of hydrogen-bond donors (Lipinski definition) is 1. The summed E-state index contributed by atoms with van der Waals surface area (Å²) in [7, 11) is 0. The van der Waals surface area contributed by atoms with E-state index in [2.05, 4.69) is 68.9 Å². The molecule has 2 rings (SSSR count). The molecule has 0 amide bonds. The van der Waals surface area contributed by atoms with Gasteiger partial charge in [0.15, 0.2) is 0 Å². The molecule has 0 saturated heterocycles. The van der Waals surface area contributed by atoms with E-state index in [-0.39, 0.29) is 0 Å². The first-order valence-electron chi connectivity index (χ1n) is 7.86. The summed E-state index contributed by atoms with van der Waals surface area (Å²) < 4.78 is 2.10. The van der Waals surface area contributed by atoms with Crippen molar-refractivity contribution in [3.05, 3.63) is 46.8 Å². The molecule has 114 valence electrons. The molecule has 3 nitrogen and oxygen atoms in total. The van der Waals surface area contributed by atoms with Crippen LogP contribution < -0.4 is 5.32 Å². The van der Waals surface area contributed by atoms with Gasteiger partial charge in [0.05, 0.1) is 11.4 Å². The molecular formula is C18H27N3. The second-order valence-corrected chi connectivity index (χ2v) is 5.96. The summed E-state index contributed by atoms with van der Waals surface area (Å²) in [5.74, 6) is 0.622. The number of benzene rings is 1. The third kappa shape index (κ3) is 3.53. The van der Waals surface area contributed by atoms with Crippen LogP contribution >= 0.6 is 0 Å². The van der Waals surface area contributed by atoms with Crippen LogP contribution in [0, 0.1) is 26.7 Å². The van der Waals surface area contributed by atoms with E-state index in [0.29, 0.717) is 5.92 Å². The zero-order chi connectivity index (χ0) is 15.4. The Morgan fingerprint density at radius 3 is 2.57 bits per heavy atom. The highest BCUT2D eigenvalue weighted by molar-refractivity contribution is 5.42. The average molecular weight is 285 g/mol. The lowest BCUT2D eigenvalue weighted by Crippen LogP contribution is -2.22. The van der Waals surface area contributed by atoms with Crippen LogP contribution in [-0.4, -0.2) is 22.9 Å². The van der Waals surface area contributed by atoms with Gasteiger partial charge in [-0.3, -0.25) is 0 Å². The highest BCUT2D eigenvalue weighted by Crippen LogP contribution is 2.22. The van der Waals surface area contributed by atoms with Gasteiger partial charge in [0.2, 0.25) is 0 Å². The van der Waals surface area contributed by atoms with E-state index in [0.717, 1.165) is 25.2 Å². The number of aryl methyl sites for hydroxylation is 2. The molecule has 2 aromatic rings. The molecule has 1 atom stereocenters.